The molecule has 3 fully saturated rings. The Kier molecular flexibility index (Phi) is 9.39. The van der Waals surface area contributed by atoms with Crippen molar-refractivity contribution in [3.8, 4) is 5.75 Å². The molecule has 3 aliphatic rings. The molecule has 3 unspecified atom stereocenters. The topological polar surface area (TPSA) is 109 Å². The molecule has 3 heterocycles. The van der Waals surface area contributed by atoms with E-state index in [1.54, 1.807) is 17.0 Å². The zero-order valence-corrected chi connectivity index (χ0v) is 26.7. The van der Waals surface area contributed by atoms with Gasteiger partial charge in [0.05, 0.1) is 36.6 Å². The van der Waals surface area contributed by atoms with Gasteiger partial charge in [-0.2, -0.15) is 0 Å². The normalized spacial score (nSPS) is 24.7. The molecule has 6 rings (SSSR count). The minimum absolute atomic E-state index is 0.0788. The molecule has 2 amide bonds. The van der Waals surface area contributed by atoms with Crippen molar-refractivity contribution in [2.75, 3.05) is 39.3 Å². The minimum Gasteiger partial charge on any atom is -0.593 e. The van der Waals surface area contributed by atoms with Gasteiger partial charge in [-0.3, -0.25) is 20.2 Å². The lowest BCUT2D eigenvalue weighted by molar-refractivity contribution is -0.144. The van der Waals surface area contributed by atoms with E-state index in [4.69, 9.17) is 27.9 Å². The lowest BCUT2D eigenvalue weighted by Gasteiger charge is -2.38. The zero-order chi connectivity index (χ0) is 30.8. The van der Waals surface area contributed by atoms with Gasteiger partial charge in [-0.25, -0.2) is 0 Å². The lowest BCUT2D eigenvalue weighted by atomic mass is 9.95. The first-order valence-corrected chi connectivity index (χ1v) is 16.7. The first kappa shape index (κ1) is 31.2. The van der Waals surface area contributed by atoms with Crippen molar-refractivity contribution in [2.45, 2.75) is 42.4 Å². The Balaban J connectivity index is 1.53. The highest BCUT2D eigenvalue weighted by Gasteiger charge is 2.55. The molecule has 232 valence electrons. The van der Waals surface area contributed by atoms with Gasteiger partial charge in [0.25, 0.3) is 5.91 Å². The SMILES string of the molecule is CCOc1ccc([S+]([O-])N2CCCC2)cc1C1(C(=O)N2CCNC(=O)C2)NC(c2ccc(Cl)cc2)C(c2ccc(Cl)cc2)N1. The molecule has 0 spiro atoms. The molecule has 44 heavy (non-hydrogen) atoms. The number of carbonyl (C=O) groups excluding carboxylic acids is 2. The quantitative estimate of drug-likeness (QED) is 0.311. The molecule has 3 atom stereocenters. The van der Waals surface area contributed by atoms with Crippen LogP contribution in [0, 0.1) is 0 Å². The van der Waals surface area contributed by atoms with Crippen LogP contribution in [0.2, 0.25) is 10.0 Å². The van der Waals surface area contributed by atoms with Gasteiger partial charge in [0.1, 0.15) is 5.75 Å². The predicted molar refractivity (Wildman–Crippen MR) is 171 cm³/mol. The number of hydrogen-bond acceptors (Lipinski definition) is 7. The molecule has 3 N–H and O–H groups in total. The summed E-state index contributed by atoms with van der Waals surface area (Å²) in [6.45, 7) is 4.34. The van der Waals surface area contributed by atoms with E-state index < -0.39 is 29.1 Å². The summed E-state index contributed by atoms with van der Waals surface area (Å²) in [5.74, 6) is -0.0703. The van der Waals surface area contributed by atoms with Crippen LogP contribution in [-0.4, -0.2) is 64.9 Å². The van der Waals surface area contributed by atoms with E-state index in [1.165, 1.54) is 0 Å². The number of carbonyl (C=O) groups is 2. The number of nitrogens with zero attached hydrogens (tertiary/aromatic N) is 2. The number of nitrogens with one attached hydrogen (secondary N) is 3. The van der Waals surface area contributed by atoms with E-state index in [1.807, 2.05) is 65.8 Å². The van der Waals surface area contributed by atoms with E-state index in [2.05, 4.69) is 16.0 Å². The maximum Gasteiger partial charge on any atom is 0.263 e. The van der Waals surface area contributed by atoms with Crippen LogP contribution < -0.4 is 20.7 Å². The van der Waals surface area contributed by atoms with E-state index >= 15 is 0 Å². The van der Waals surface area contributed by atoms with Crippen LogP contribution in [0.3, 0.4) is 0 Å². The second-order valence-electron chi connectivity index (χ2n) is 11.2. The average Bonchev–Trinajstić information content (AvgIpc) is 3.72. The molecule has 3 aromatic carbocycles. The summed E-state index contributed by atoms with van der Waals surface area (Å²) in [6.07, 6.45) is 1.98. The van der Waals surface area contributed by atoms with Crippen LogP contribution in [0.1, 0.15) is 48.5 Å². The van der Waals surface area contributed by atoms with E-state index in [-0.39, 0.29) is 18.4 Å². The second kappa shape index (κ2) is 13.3. The van der Waals surface area contributed by atoms with Gasteiger partial charge < -0.3 is 19.5 Å². The van der Waals surface area contributed by atoms with Crippen LogP contribution in [0.5, 0.6) is 5.75 Å². The highest BCUT2D eigenvalue weighted by Crippen LogP contribution is 2.45. The Morgan fingerprint density at radius 1 is 0.955 bits per heavy atom. The average molecular weight is 657 g/mol. The van der Waals surface area contributed by atoms with Crippen LogP contribution in [0.25, 0.3) is 0 Å². The van der Waals surface area contributed by atoms with Gasteiger partial charge in [-0.15, -0.1) is 4.31 Å². The molecule has 0 saturated carbocycles. The van der Waals surface area contributed by atoms with Crippen molar-refractivity contribution in [1.29, 1.82) is 0 Å². The van der Waals surface area contributed by atoms with Gasteiger partial charge in [-0.1, -0.05) is 47.5 Å². The van der Waals surface area contributed by atoms with Crippen LogP contribution in [0.4, 0.5) is 0 Å². The summed E-state index contributed by atoms with van der Waals surface area (Å²) in [5.41, 5.74) is 0.781. The van der Waals surface area contributed by atoms with E-state index in [0.29, 0.717) is 46.0 Å². The predicted octanol–water partition coefficient (Wildman–Crippen LogP) is 4.30. The maximum atomic E-state index is 14.9. The Hall–Kier alpha value is -2.83. The Labute approximate surface area is 270 Å². The number of hydrogen-bond donors (Lipinski definition) is 3. The van der Waals surface area contributed by atoms with Gasteiger partial charge >= 0.3 is 0 Å². The maximum absolute atomic E-state index is 14.9. The fourth-order valence-corrected chi connectivity index (χ4v) is 7.75. The first-order chi connectivity index (χ1) is 21.3. The molecule has 0 aliphatic carbocycles. The molecule has 0 radical (unpaired) electrons. The summed E-state index contributed by atoms with van der Waals surface area (Å²) in [5, 5.41) is 11.3. The van der Waals surface area contributed by atoms with Crippen molar-refractivity contribution in [3.63, 3.8) is 0 Å². The van der Waals surface area contributed by atoms with Gasteiger partial charge in [0.2, 0.25) is 5.91 Å². The van der Waals surface area contributed by atoms with Gasteiger partial charge in [0.15, 0.2) is 10.6 Å². The van der Waals surface area contributed by atoms with Crippen molar-refractivity contribution in [2.24, 2.45) is 0 Å². The van der Waals surface area contributed by atoms with Crippen molar-refractivity contribution in [1.82, 2.24) is 25.2 Å². The number of ether oxygens (including phenoxy) is 1. The number of halogens is 2. The molecule has 3 aliphatic heterocycles. The summed E-state index contributed by atoms with van der Waals surface area (Å²) in [4.78, 5) is 29.5. The third-order valence-electron chi connectivity index (χ3n) is 8.34. The molecule has 12 heteroatoms. The third kappa shape index (κ3) is 6.17. The molecule has 0 bridgehead atoms. The van der Waals surface area contributed by atoms with Crippen LogP contribution in [-0.2, 0) is 26.6 Å². The monoisotopic (exact) mass is 655 g/mol. The van der Waals surface area contributed by atoms with E-state index in [9.17, 15) is 14.1 Å². The van der Waals surface area contributed by atoms with Crippen LogP contribution in [0.15, 0.2) is 71.6 Å². The highest BCUT2D eigenvalue weighted by atomic mass is 35.5. The van der Waals surface area contributed by atoms with Crippen molar-refractivity contribution >= 4 is 46.4 Å². The second-order valence-corrected chi connectivity index (χ2v) is 13.5. The van der Waals surface area contributed by atoms with Gasteiger partial charge in [-0.05, 0) is 67.3 Å². The molecule has 3 saturated heterocycles. The Bertz CT molecular complexity index is 1450. The molecule has 9 nitrogen and oxygen atoms in total. The molecular weight excluding hydrogens is 621 g/mol. The third-order valence-corrected chi connectivity index (χ3v) is 10.3. The highest BCUT2D eigenvalue weighted by molar-refractivity contribution is 7.89. The smallest absolute Gasteiger partial charge is 0.263 e. The molecular formula is C32H35Cl2N5O4S. The van der Waals surface area contributed by atoms with Gasteiger partial charge in [0, 0.05) is 47.9 Å². The number of benzene rings is 3. The van der Waals surface area contributed by atoms with Crippen molar-refractivity contribution in [3.05, 3.63) is 93.5 Å². The standard InChI is InChI=1S/C32H35Cl2N5O4S/c1-2-43-27-14-13-25(44(42)39-16-3-4-17-39)19-26(27)32(31(41)38-18-15-35-28(40)20-38)36-29(21-5-9-23(33)10-6-21)30(37-32)22-7-11-24(34)12-8-22/h5-14,19,29-30,36-37H,2-4,15-18,20H2,1H3,(H,35,40). The summed E-state index contributed by atoms with van der Waals surface area (Å²) in [6, 6.07) is 19.6. The number of amides is 2. The largest absolute Gasteiger partial charge is 0.593 e. The van der Waals surface area contributed by atoms with Crippen LogP contribution >= 0.6 is 23.2 Å². The zero-order valence-electron chi connectivity index (χ0n) is 24.4. The minimum atomic E-state index is -1.54. The number of rotatable bonds is 8. The first-order valence-electron chi connectivity index (χ1n) is 14.9. The summed E-state index contributed by atoms with van der Waals surface area (Å²) < 4.78 is 21.8. The summed E-state index contributed by atoms with van der Waals surface area (Å²) in [7, 11) is 0. The fraction of sp³-hybridized carbons (Fsp3) is 0.375. The lowest BCUT2D eigenvalue weighted by Crippen LogP contribution is -2.62. The summed E-state index contributed by atoms with van der Waals surface area (Å²) >= 11 is 11.1. The molecule has 0 aromatic heterocycles. The number of piperazine rings is 1. The Morgan fingerprint density at radius 2 is 1.55 bits per heavy atom. The molecule has 3 aromatic rings. The fourth-order valence-electron chi connectivity index (χ4n) is 6.21. The van der Waals surface area contributed by atoms with E-state index in [0.717, 1.165) is 37.1 Å². The van der Waals surface area contributed by atoms with Crippen molar-refractivity contribution < 1.29 is 18.9 Å². The Morgan fingerprint density at radius 3 is 2.09 bits per heavy atom.